The van der Waals surface area contributed by atoms with Crippen molar-refractivity contribution in [3.05, 3.63) is 58.1 Å². The van der Waals surface area contributed by atoms with Crippen LogP contribution in [-0.2, 0) is 5.41 Å². The Bertz CT molecular complexity index is 714. The molecule has 2 aromatic rings. The van der Waals surface area contributed by atoms with Gasteiger partial charge in [0.05, 0.1) is 16.1 Å². The summed E-state index contributed by atoms with van der Waals surface area (Å²) in [6.45, 7) is 7.39. The monoisotopic (exact) mass is 373 g/mol. The van der Waals surface area contributed by atoms with E-state index >= 15 is 0 Å². The summed E-state index contributed by atoms with van der Waals surface area (Å²) >= 11 is 3.41. The second kappa shape index (κ2) is 7.52. The Labute approximate surface area is 146 Å². The number of nitriles is 1. The Balaban J connectivity index is 1.93. The predicted octanol–water partition coefficient (Wildman–Crippen LogP) is 5.08. The molecule has 120 valence electrons. The van der Waals surface area contributed by atoms with Gasteiger partial charge in [0.1, 0.15) is 24.7 Å². The summed E-state index contributed by atoms with van der Waals surface area (Å²) in [5.41, 5.74) is 1.81. The summed E-state index contributed by atoms with van der Waals surface area (Å²) in [7, 11) is 0. The minimum absolute atomic E-state index is 0.0353. The van der Waals surface area contributed by atoms with E-state index in [1.54, 1.807) is 18.2 Å². The fourth-order valence-electron chi connectivity index (χ4n) is 2.20. The van der Waals surface area contributed by atoms with Gasteiger partial charge < -0.3 is 9.47 Å². The van der Waals surface area contributed by atoms with Gasteiger partial charge in [-0.3, -0.25) is 0 Å². The maximum absolute atomic E-state index is 8.85. The average Bonchev–Trinajstić information content (AvgIpc) is 2.52. The van der Waals surface area contributed by atoms with E-state index < -0.39 is 0 Å². The summed E-state index contributed by atoms with van der Waals surface area (Å²) in [5.74, 6) is 1.60. The van der Waals surface area contributed by atoms with Gasteiger partial charge in [-0.1, -0.05) is 39.0 Å². The number of hydrogen-bond acceptors (Lipinski definition) is 3. The second-order valence-corrected chi connectivity index (χ2v) is 7.05. The molecule has 0 aliphatic rings. The molecule has 2 aromatic carbocycles. The highest BCUT2D eigenvalue weighted by atomic mass is 79.9. The highest BCUT2D eigenvalue weighted by molar-refractivity contribution is 9.10. The van der Waals surface area contributed by atoms with Crippen molar-refractivity contribution in [3.8, 4) is 17.6 Å². The molecule has 0 spiro atoms. The first-order chi connectivity index (χ1) is 10.9. The Morgan fingerprint density at radius 2 is 1.65 bits per heavy atom. The van der Waals surface area contributed by atoms with Crippen LogP contribution in [0.25, 0.3) is 0 Å². The molecule has 0 atom stereocenters. The number of hydrogen-bond donors (Lipinski definition) is 0. The van der Waals surface area contributed by atoms with Gasteiger partial charge in [0.25, 0.3) is 0 Å². The number of halogens is 1. The largest absolute Gasteiger partial charge is 0.490 e. The molecule has 4 heteroatoms. The van der Waals surface area contributed by atoms with Crippen molar-refractivity contribution in [2.45, 2.75) is 26.2 Å². The molecule has 0 unspecified atom stereocenters. The normalized spacial score (nSPS) is 10.9. The van der Waals surface area contributed by atoms with Gasteiger partial charge in [-0.2, -0.15) is 5.26 Å². The predicted molar refractivity (Wildman–Crippen MR) is 95.0 cm³/mol. The van der Waals surface area contributed by atoms with Crippen molar-refractivity contribution < 1.29 is 9.47 Å². The zero-order valence-electron chi connectivity index (χ0n) is 13.6. The lowest BCUT2D eigenvalue weighted by Gasteiger charge is -2.22. The topological polar surface area (TPSA) is 42.2 Å². The molecule has 0 aromatic heterocycles. The van der Waals surface area contributed by atoms with E-state index in [9.17, 15) is 0 Å². The molecule has 3 nitrogen and oxygen atoms in total. The average molecular weight is 374 g/mol. The number of nitrogens with zero attached hydrogens (tertiary/aromatic N) is 1. The SMILES string of the molecule is CC(C)(C)c1ccccc1OCCOc1ccc(C#N)cc1Br. The van der Waals surface area contributed by atoms with Crippen LogP contribution in [0.15, 0.2) is 46.9 Å². The van der Waals surface area contributed by atoms with Crippen LogP contribution in [-0.4, -0.2) is 13.2 Å². The van der Waals surface area contributed by atoms with Crippen LogP contribution in [0.3, 0.4) is 0 Å². The van der Waals surface area contributed by atoms with Crippen molar-refractivity contribution in [3.63, 3.8) is 0 Å². The van der Waals surface area contributed by atoms with Crippen LogP contribution in [0.5, 0.6) is 11.5 Å². The smallest absolute Gasteiger partial charge is 0.133 e. The lowest BCUT2D eigenvalue weighted by Crippen LogP contribution is -2.15. The minimum Gasteiger partial charge on any atom is -0.490 e. The van der Waals surface area contributed by atoms with E-state index in [4.69, 9.17) is 14.7 Å². The molecule has 0 saturated carbocycles. The number of rotatable bonds is 5. The molecule has 0 saturated heterocycles. The van der Waals surface area contributed by atoms with Crippen molar-refractivity contribution in [2.75, 3.05) is 13.2 Å². The third-order valence-electron chi connectivity index (χ3n) is 3.35. The summed E-state index contributed by atoms with van der Waals surface area (Å²) in [6.07, 6.45) is 0. The van der Waals surface area contributed by atoms with Crippen molar-refractivity contribution >= 4 is 15.9 Å². The zero-order chi connectivity index (χ0) is 16.9. The van der Waals surface area contributed by atoms with Crippen LogP contribution in [0.2, 0.25) is 0 Å². The first-order valence-electron chi connectivity index (χ1n) is 7.46. The fraction of sp³-hybridized carbons (Fsp3) is 0.316. The van der Waals surface area contributed by atoms with Gasteiger partial charge >= 0.3 is 0 Å². The van der Waals surface area contributed by atoms with Gasteiger partial charge in [-0.15, -0.1) is 0 Å². The minimum atomic E-state index is 0.0353. The Hall–Kier alpha value is -1.99. The van der Waals surface area contributed by atoms with E-state index in [1.165, 1.54) is 5.56 Å². The van der Waals surface area contributed by atoms with Crippen LogP contribution in [0, 0.1) is 11.3 Å². The molecule has 0 heterocycles. The summed E-state index contributed by atoms with van der Waals surface area (Å²) in [4.78, 5) is 0. The maximum atomic E-state index is 8.85. The summed E-state index contributed by atoms with van der Waals surface area (Å²) in [6, 6.07) is 15.4. The molecule has 0 amide bonds. The third-order valence-corrected chi connectivity index (χ3v) is 3.97. The first-order valence-corrected chi connectivity index (χ1v) is 8.26. The van der Waals surface area contributed by atoms with Crippen LogP contribution in [0.1, 0.15) is 31.9 Å². The van der Waals surface area contributed by atoms with Gasteiger partial charge in [0.15, 0.2) is 0 Å². The zero-order valence-corrected chi connectivity index (χ0v) is 15.2. The Kier molecular flexibility index (Phi) is 5.68. The Morgan fingerprint density at radius 3 is 2.26 bits per heavy atom. The quantitative estimate of drug-likeness (QED) is 0.686. The molecule has 2 rings (SSSR count). The molecular formula is C19H20BrNO2. The highest BCUT2D eigenvalue weighted by Gasteiger charge is 2.18. The van der Waals surface area contributed by atoms with Gasteiger partial charge in [-0.05, 0) is 51.2 Å². The lowest BCUT2D eigenvalue weighted by atomic mass is 9.86. The number of ether oxygens (including phenoxy) is 2. The van der Waals surface area contributed by atoms with E-state index in [0.717, 1.165) is 10.2 Å². The number of para-hydroxylation sites is 1. The molecule has 0 aliphatic carbocycles. The maximum Gasteiger partial charge on any atom is 0.133 e. The lowest BCUT2D eigenvalue weighted by molar-refractivity contribution is 0.213. The van der Waals surface area contributed by atoms with Gasteiger partial charge in [-0.25, -0.2) is 0 Å². The van der Waals surface area contributed by atoms with Crippen molar-refractivity contribution in [1.82, 2.24) is 0 Å². The van der Waals surface area contributed by atoms with Crippen molar-refractivity contribution in [1.29, 1.82) is 5.26 Å². The third kappa shape index (κ3) is 4.74. The first kappa shape index (κ1) is 17.4. The highest BCUT2D eigenvalue weighted by Crippen LogP contribution is 2.31. The van der Waals surface area contributed by atoms with Gasteiger partial charge in [0, 0.05) is 0 Å². The van der Waals surface area contributed by atoms with Gasteiger partial charge in [0.2, 0.25) is 0 Å². The molecule has 0 fully saturated rings. The summed E-state index contributed by atoms with van der Waals surface area (Å²) < 4.78 is 12.3. The van der Waals surface area contributed by atoms with E-state index in [0.29, 0.717) is 24.5 Å². The van der Waals surface area contributed by atoms with Crippen LogP contribution < -0.4 is 9.47 Å². The molecule has 0 aliphatic heterocycles. The molecule has 23 heavy (non-hydrogen) atoms. The molecule has 0 radical (unpaired) electrons. The van der Waals surface area contributed by atoms with E-state index in [1.807, 2.05) is 18.2 Å². The molecule has 0 N–H and O–H groups in total. The number of benzene rings is 2. The van der Waals surface area contributed by atoms with Crippen LogP contribution >= 0.6 is 15.9 Å². The molecule has 0 bridgehead atoms. The van der Waals surface area contributed by atoms with Crippen molar-refractivity contribution in [2.24, 2.45) is 0 Å². The second-order valence-electron chi connectivity index (χ2n) is 6.20. The fourth-order valence-corrected chi connectivity index (χ4v) is 2.70. The molecular weight excluding hydrogens is 354 g/mol. The van der Waals surface area contributed by atoms with E-state index in [2.05, 4.69) is 48.8 Å². The summed E-state index contributed by atoms with van der Waals surface area (Å²) in [5, 5.41) is 8.85. The Morgan fingerprint density at radius 1 is 1.00 bits per heavy atom. The van der Waals surface area contributed by atoms with Crippen LogP contribution in [0.4, 0.5) is 0 Å². The standard InChI is InChI=1S/C19H20BrNO2/c1-19(2,3)15-6-4-5-7-17(15)22-10-11-23-18-9-8-14(13-21)12-16(18)20/h4-9,12H,10-11H2,1-3H3. The van der Waals surface area contributed by atoms with E-state index in [-0.39, 0.29) is 5.41 Å².